The number of rotatable bonds is 5. The van der Waals surface area contributed by atoms with Crippen LogP contribution in [0.25, 0.3) is 0 Å². The van der Waals surface area contributed by atoms with Crippen LogP contribution >= 0.6 is 12.2 Å². The first kappa shape index (κ1) is 20.7. The van der Waals surface area contributed by atoms with Crippen molar-refractivity contribution >= 4 is 40.5 Å². The highest BCUT2D eigenvalue weighted by atomic mass is 32.1. The molecule has 2 aromatic carbocycles. The molecule has 0 spiro atoms. The largest absolute Gasteiger partial charge is 0.497 e. The predicted molar refractivity (Wildman–Crippen MR) is 118 cm³/mol. The molecule has 0 fully saturated rings. The number of methoxy groups -OCH3 is 1. The summed E-state index contributed by atoms with van der Waals surface area (Å²) in [5.41, 5.74) is 7.30. The minimum absolute atomic E-state index is 0.230. The zero-order valence-corrected chi connectivity index (χ0v) is 16.8. The molecule has 0 bridgehead atoms. The van der Waals surface area contributed by atoms with Crippen molar-refractivity contribution in [3.63, 3.8) is 0 Å². The molecule has 0 aliphatic rings. The topological polar surface area (TPSA) is 104 Å². The van der Waals surface area contributed by atoms with Crippen molar-refractivity contribution in [1.29, 1.82) is 0 Å². The second-order valence-corrected chi connectivity index (χ2v) is 6.44. The Morgan fingerprint density at radius 1 is 0.833 bits per heavy atom. The fourth-order valence-electron chi connectivity index (χ4n) is 2.43. The molecule has 152 valence electrons. The summed E-state index contributed by atoms with van der Waals surface area (Å²) in [5.74, 6) is 0.0729. The van der Waals surface area contributed by atoms with E-state index in [-0.39, 0.29) is 16.9 Å². The van der Waals surface area contributed by atoms with Gasteiger partial charge in [-0.3, -0.25) is 25.4 Å². The molecule has 3 rings (SSSR count). The van der Waals surface area contributed by atoms with Crippen molar-refractivity contribution in [3.8, 4) is 5.75 Å². The second-order valence-electron chi connectivity index (χ2n) is 6.03. The predicted octanol–water partition coefficient (Wildman–Crippen LogP) is 2.97. The Hall–Kier alpha value is -3.98. The van der Waals surface area contributed by atoms with Crippen LogP contribution in [-0.4, -0.2) is 29.0 Å². The van der Waals surface area contributed by atoms with Gasteiger partial charge in [-0.1, -0.05) is 0 Å². The number of hydrazine groups is 1. The van der Waals surface area contributed by atoms with Gasteiger partial charge in [0.25, 0.3) is 11.8 Å². The van der Waals surface area contributed by atoms with Gasteiger partial charge in [0.2, 0.25) is 0 Å². The Balaban J connectivity index is 1.49. The van der Waals surface area contributed by atoms with E-state index in [1.54, 1.807) is 74.0 Å². The zero-order valence-electron chi connectivity index (χ0n) is 16.0. The number of carbonyl (C=O) groups excluding carboxylic acids is 2. The number of ether oxygens (including phenoxy) is 1. The molecular formula is C21H19N5O3S. The molecule has 0 unspecified atom stereocenters. The Morgan fingerprint density at radius 3 is 2.13 bits per heavy atom. The fourth-order valence-corrected chi connectivity index (χ4v) is 2.60. The lowest BCUT2D eigenvalue weighted by Crippen LogP contribution is -2.43. The summed E-state index contributed by atoms with van der Waals surface area (Å²) < 4.78 is 5.09. The first-order chi connectivity index (χ1) is 14.5. The Labute approximate surface area is 178 Å². The number of hydrogen-bond acceptors (Lipinski definition) is 5. The molecule has 8 nitrogen and oxygen atoms in total. The first-order valence-corrected chi connectivity index (χ1v) is 9.29. The number of nitrogens with one attached hydrogen (secondary N) is 4. The lowest BCUT2D eigenvalue weighted by molar-refractivity contribution is 0.0943. The van der Waals surface area contributed by atoms with Crippen molar-refractivity contribution < 1.29 is 14.3 Å². The standard InChI is InChI=1S/C21H19N5O3S/c1-29-18-10-8-17(9-11-18)24-21(30)26-25-20(28)14-4-6-16(7-5-14)23-19(27)15-3-2-12-22-13-15/h2-13H,1H3,(H,23,27)(H,25,28)(H2,24,26,30). The second kappa shape index (κ2) is 9.99. The van der Waals surface area contributed by atoms with E-state index in [9.17, 15) is 9.59 Å². The molecule has 4 N–H and O–H groups in total. The van der Waals surface area contributed by atoms with Crippen molar-refractivity contribution in [1.82, 2.24) is 15.8 Å². The Bertz CT molecular complexity index is 1020. The third-order valence-corrected chi connectivity index (χ3v) is 4.17. The molecule has 1 heterocycles. The van der Waals surface area contributed by atoms with Crippen LogP contribution in [0.15, 0.2) is 73.1 Å². The van der Waals surface area contributed by atoms with Crippen molar-refractivity contribution in [2.75, 3.05) is 17.7 Å². The normalized spacial score (nSPS) is 9.90. The summed E-state index contributed by atoms with van der Waals surface area (Å²) in [6.07, 6.45) is 3.07. The molecule has 1 aromatic heterocycles. The van der Waals surface area contributed by atoms with Crippen LogP contribution in [0.5, 0.6) is 5.75 Å². The molecule has 3 aromatic rings. The number of hydrogen-bond donors (Lipinski definition) is 4. The van der Waals surface area contributed by atoms with Gasteiger partial charge in [0, 0.05) is 29.3 Å². The summed E-state index contributed by atoms with van der Waals surface area (Å²) in [7, 11) is 1.59. The van der Waals surface area contributed by atoms with E-state index < -0.39 is 0 Å². The summed E-state index contributed by atoms with van der Waals surface area (Å²) in [6.45, 7) is 0. The quantitative estimate of drug-likeness (QED) is 0.371. The number of aromatic nitrogens is 1. The third-order valence-electron chi connectivity index (χ3n) is 3.97. The Morgan fingerprint density at radius 2 is 1.50 bits per heavy atom. The minimum Gasteiger partial charge on any atom is -0.497 e. The summed E-state index contributed by atoms with van der Waals surface area (Å²) in [5, 5.41) is 5.92. The van der Waals surface area contributed by atoms with E-state index in [0.29, 0.717) is 16.8 Å². The number of anilines is 2. The van der Waals surface area contributed by atoms with Crippen LogP contribution in [-0.2, 0) is 0 Å². The minimum atomic E-state index is -0.376. The average molecular weight is 421 g/mol. The highest BCUT2D eigenvalue weighted by Crippen LogP contribution is 2.15. The lowest BCUT2D eigenvalue weighted by Gasteiger charge is -2.12. The highest BCUT2D eigenvalue weighted by molar-refractivity contribution is 7.80. The summed E-state index contributed by atoms with van der Waals surface area (Å²) >= 11 is 5.16. The molecule has 0 radical (unpaired) electrons. The van der Waals surface area contributed by atoms with Crippen LogP contribution < -0.4 is 26.2 Å². The maximum absolute atomic E-state index is 12.3. The van der Waals surface area contributed by atoms with Gasteiger partial charge in [-0.05, 0) is 72.9 Å². The average Bonchev–Trinajstić information content (AvgIpc) is 2.79. The van der Waals surface area contributed by atoms with Gasteiger partial charge in [-0.25, -0.2) is 0 Å². The van der Waals surface area contributed by atoms with Gasteiger partial charge < -0.3 is 15.4 Å². The molecule has 0 saturated carbocycles. The number of carbonyl (C=O) groups is 2. The SMILES string of the molecule is COc1ccc(NC(=S)NNC(=O)c2ccc(NC(=O)c3cccnc3)cc2)cc1. The van der Waals surface area contributed by atoms with E-state index in [0.717, 1.165) is 11.4 Å². The number of amides is 2. The Kier molecular flexibility index (Phi) is 6.91. The van der Waals surface area contributed by atoms with Crippen LogP contribution in [0.3, 0.4) is 0 Å². The van der Waals surface area contributed by atoms with Gasteiger partial charge in [0.15, 0.2) is 5.11 Å². The van der Waals surface area contributed by atoms with E-state index in [1.807, 2.05) is 0 Å². The van der Waals surface area contributed by atoms with Crippen molar-refractivity contribution in [3.05, 3.63) is 84.2 Å². The maximum atomic E-state index is 12.3. The van der Waals surface area contributed by atoms with Gasteiger partial charge in [0.1, 0.15) is 5.75 Å². The van der Waals surface area contributed by atoms with Crippen LogP contribution in [0, 0.1) is 0 Å². The molecule has 0 aliphatic carbocycles. The smallest absolute Gasteiger partial charge is 0.269 e. The van der Waals surface area contributed by atoms with Gasteiger partial charge in [0.05, 0.1) is 12.7 Å². The number of pyridine rings is 1. The van der Waals surface area contributed by atoms with Crippen LogP contribution in [0.2, 0.25) is 0 Å². The molecule has 0 aliphatic heterocycles. The van der Waals surface area contributed by atoms with E-state index in [2.05, 4.69) is 26.5 Å². The molecule has 9 heteroatoms. The third kappa shape index (κ3) is 5.76. The lowest BCUT2D eigenvalue weighted by atomic mass is 10.2. The van der Waals surface area contributed by atoms with Gasteiger partial charge >= 0.3 is 0 Å². The van der Waals surface area contributed by atoms with Crippen molar-refractivity contribution in [2.45, 2.75) is 0 Å². The molecule has 30 heavy (non-hydrogen) atoms. The van der Waals surface area contributed by atoms with Gasteiger partial charge in [-0.2, -0.15) is 0 Å². The number of benzene rings is 2. The van der Waals surface area contributed by atoms with Crippen LogP contribution in [0.4, 0.5) is 11.4 Å². The number of thiocarbonyl (C=S) groups is 1. The maximum Gasteiger partial charge on any atom is 0.269 e. The summed E-state index contributed by atoms with van der Waals surface area (Å²) in [6, 6.07) is 17.0. The fraction of sp³-hybridized carbons (Fsp3) is 0.0476. The monoisotopic (exact) mass is 421 g/mol. The van der Waals surface area contributed by atoms with Gasteiger partial charge in [-0.15, -0.1) is 0 Å². The first-order valence-electron chi connectivity index (χ1n) is 8.88. The summed E-state index contributed by atoms with van der Waals surface area (Å²) in [4.78, 5) is 28.3. The zero-order chi connectivity index (χ0) is 21.3. The van der Waals surface area contributed by atoms with E-state index in [4.69, 9.17) is 17.0 Å². The molecular weight excluding hydrogens is 402 g/mol. The van der Waals surface area contributed by atoms with E-state index >= 15 is 0 Å². The molecule has 0 atom stereocenters. The molecule has 0 saturated heterocycles. The van der Waals surface area contributed by atoms with Crippen LogP contribution in [0.1, 0.15) is 20.7 Å². The molecule has 2 amide bonds. The van der Waals surface area contributed by atoms with Crippen molar-refractivity contribution in [2.24, 2.45) is 0 Å². The highest BCUT2D eigenvalue weighted by Gasteiger charge is 2.09. The van der Waals surface area contributed by atoms with E-state index in [1.165, 1.54) is 6.20 Å². The number of nitrogens with zero attached hydrogens (tertiary/aromatic N) is 1.